The van der Waals surface area contributed by atoms with Crippen LogP contribution >= 0.6 is 11.3 Å². The average molecular weight is 369 g/mol. The van der Waals surface area contributed by atoms with Crippen molar-refractivity contribution in [2.75, 3.05) is 0 Å². The Bertz CT molecular complexity index is 911. The van der Waals surface area contributed by atoms with Gasteiger partial charge in [0, 0.05) is 17.2 Å². The third-order valence-electron chi connectivity index (χ3n) is 4.38. The van der Waals surface area contributed by atoms with Crippen molar-refractivity contribution in [2.24, 2.45) is 0 Å². The zero-order valence-electron chi connectivity index (χ0n) is 15.8. The summed E-state index contributed by atoms with van der Waals surface area (Å²) < 4.78 is 1.90. The van der Waals surface area contributed by atoms with Gasteiger partial charge in [-0.15, -0.1) is 11.3 Å². The number of thiazole rings is 1. The normalized spacial score (nSPS) is 12.4. The van der Waals surface area contributed by atoms with E-state index in [0.29, 0.717) is 10.8 Å². The fraction of sp³-hybridized carbons (Fsp3) is 0.350. The molecule has 3 rings (SSSR count). The number of rotatable bonds is 5. The molecule has 1 aromatic carbocycles. The van der Waals surface area contributed by atoms with Gasteiger partial charge in [-0.05, 0) is 32.9 Å². The van der Waals surface area contributed by atoms with E-state index in [1.165, 1.54) is 11.3 Å². The number of amides is 1. The maximum absolute atomic E-state index is 12.7. The molecule has 1 unspecified atom stereocenters. The van der Waals surface area contributed by atoms with Gasteiger partial charge < -0.3 is 5.32 Å². The van der Waals surface area contributed by atoms with Crippen LogP contribution < -0.4 is 5.32 Å². The van der Waals surface area contributed by atoms with Crippen LogP contribution in [0.25, 0.3) is 5.69 Å². The number of aromatic nitrogens is 3. The molecule has 0 fully saturated rings. The molecule has 1 atom stereocenters. The van der Waals surface area contributed by atoms with E-state index >= 15 is 0 Å². The summed E-state index contributed by atoms with van der Waals surface area (Å²) in [6.07, 6.45) is 1.83. The minimum atomic E-state index is -0.135. The summed E-state index contributed by atoms with van der Waals surface area (Å²) in [7, 11) is 0. The molecule has 0 aliphatic rings. The molecule has 0 aliphatic carbocycles. The van der Waals surface area contributed by atoms with Gasteiger partial charge in [0.15, 0.2) is 0 Å². The summed E-state index contributed by atoms with van der Waals surface area (Å²) >= 11 is 1.48. The minimum Gasteiger partial charge on any atom is -0.345 e. The van der Waals surface area contributed by atoms with Gasteiger partial charge in [-0.3, -0.25) is 4.79 Å². The molecule has 0 radical (unpaired) electrons. The van der Waals surface area contributed by atoms with Gasteiger partial charge in [0.2, 0.25) is 0 Å². The molecule has 5 nitrogen and oxygen atoms in total. The SMILES string of the molecule is Cc1nc(C(C)C)sc1C(=O)NC(C)c1cnn(-c2ccccc2)c1C. The van der Waals surface area contributed by atoms with Gasteiger partial charge in [-0.1, -0.05) is 32.0 Å². The van der Waals surface area contributed by atoms with Crippen molar-refractivity contribution in [1.29, 1.82) is 0 Å². The number of para-hydroxylation sites is 1. The van der Waals surface area contributed by atoms with Crippen LogP contribution in [0.15, 0.2) is 36.5 Å². The van der Waals surface area contributed by atoms with Crippen LogP contribution in [-0.2, 0) is 0 Å². The Labute approximate surface area is 158 Å². The number of carbonyl (C=O) groups excluding carboxylic acids is 1. The highest BCUT2D eigenvalue weighted by Crippen LogP contribution is 2.26. The topological polar surface area (TPSA) is 59.8 Å². The molecule has 136 valence electrons. The largest absolute Gasteiger partial charge is 0.345 e. The highest BCUT2D eigenvalue weighted by Gasteiger charge is 2.21. The Kier molecular flexibility index (Phi) is 5.23. The highest BCUT2D eigenvalue weighted by molar-refractivity contribution is 7.13. The quantitative estimate of drug-likeness (QED) is 0.718. The lowest BCUT2D eigenvalue weighted by Crippen LogP contribution is -2.26. The highest BCUT2D eigenvalue weighted by atomic mass is 32.1. The number of nitrogens with one attached hydrogen (secondary N) is 1. The fourth-order valence-electron chi connectivity index (χ4n) is 2.89. The first kappa shape index (κ1) is 18.3. The summed E-state index contributed by atoms with van der Waals surface area (Å²) in [6, 6.07) is 9.85. The van der Waals surface area contributed by atoms with Crippen LogP contribution in [-0.4, -0.2) is 20.7 Å². The first-order valence-corrected chi connectivity index (χ1v) is 9.58. The summed E-state index contributed by atoms with van der Waals surface area (Å²) in [5.41, 5.74) is 3.83. The lowest BCUT2D eigenvalue weighted by molar-refractivity contribution is 0.0943. The molecule has 0 saturated carbocycles. The molecule has 1 amide bonds. The maximum Gasteiger partial charge on any atom is 0.263 e. The number of carbonyl (C=O) groups is 1. The molecule has 1 N–H and O–H groups in total. The van der Waals surface area contributed by atoms with Crippen molar-refractivity contribution in [3.63, 3.8) is 0 Å². The molecule has 0 spiro atoms. The van der Waals surface area contributed by atoms with Crippen LogP contribution in [0.4, 0.5) is 0 Å². The van der Waals surface area contributed by atoms with E-state index in [-0.39, 0.29) is 11.9 Å². The van der Waals surface area contributed by atoms with Gasteiger partial charge in [0.1, 0.15) is 4.88 Å². The molecule has 2 aromatic heterocycles. The van der Waals surface area contributed by atoms with Crippen LogP contribution in [0, 0.1) is 13.8 Å². The Hall–Kier alpha value is -2.47. The predicted octanol–water partition coefficient (Wildman–Crippen LogP) is 4.56. The van der Waals surface area contributed by atoms with Crippen LogP contribution in [0.2, 0.25) is 0 Å². The van der Waals surface area contributed by atoms with Crippen LogP contribution in [0.5, 0.6) is 0 Å². The summed E-state index contributed by atoms with van der Waals surface area (Å²) in [4.78, 5) is 17.9. The Balaban J connectivity index is 1.79. The van der Waals surface area contributed by atoms with Gasteiger partial charge in [0.25, 0.3) is 5.91 Å². The lowest BCUT2D eigenvalue weighted by atomic mass is 10.1. The van der Waals surface area contributed by atoms with Gasteiger partial charge in [-0.2, -0.15) is 5.10 Å². The summed E-state index contributed by atoms with van der Waals surface area (Å²) in [5.74, 6) is 0.246. The first-order chi connectivity index (χ1) is 12.4. The van der Waals surface area contributed by atoms with Gasteiger partial charge >= 0.3 is 0 Å². The van der Waals surface area contributed by atoms with E-state index in [1.807, 2.05) is 62.0 Å². The monoisotopic (exact) mass is 368 g/mol. The molecule has 2 heterocycles. The number of hydrogen-bond donors (Lipinski definition) is 1. The van der Waals surface area contributed by atoms with Crippen LogP contribution in [0.1, 0.15) is 64.4 Å². The summed E-state index contributed by atoms with van der Waals surface area (Å²) in [5, 5.41) is 8.57. The zero-order valence-corrected chi connectivity index (χ0v) is 16.6. The van der Waals surface area contributed by atoms with Gasteiger partial charge in [0.05, 0.1) is 28.6 Å². The van der Waals surface area contributed by atoms with E-state index in [9.17, 15) is 4.79 Å². The molecule has 0 aliphatic heterocycles. The molecular weight excluding hydrogens is 344 g/mol. The second-order valence-electron chi connectivity index (χ2n) is 6.75. The number of hydrogen-bond acceptors (Lipinski definition) is 4. The zero-order chi connectivity index (χ0) is 18.8. The second kappa shape index (κ2) is 7.41. The third kappa shape index (κ3) is 3.55. The van der Waals surface area contributed by atoms with E-state index < -0.39 is 0 Å². The Morgan fingerprint density at radius 3 is 2.46 bits per heavy atom. The van der Waals surface area contributed by atoms with Crippen molar-refractivity contribution in [1.82, 2.24) is 20.1 Å². The van der Waals surface area contributed by atoms with Gasteiger partial charge in [-0.25, -0.2) is 9.67 Å². The number of aryl methyl sites for hydroxylation is 1. The Morgan fingerprint density at radius 2 is 1.85 bits per heavy atom. The molecule has 26 heavy (non-hydrogen) atoms. The molecule has 0 saturated heterocycles. The predicted molar refractivity (Wildman–Crippen MR) is 105 cm³/mol. The standard InChI is InChI=1S/C20H24N4OS/c1-12(2)20-23-14(4)18(26-20)19(25)22-13(3)17-11-21-24(15(17)5)16-9-7-6-8-10-16/h6-13H,1-5H3,(H,22,25). The number of nitrogens with zero attached hydrogens (tertiary/aromatic N) is 3. The molecule has 6 heteroatoms. The Morgan fingerprint density at radius 1 is 1.15 bits per heavy atom. The van der Waals surface area contributed by atoms with Crippen molar-refractivity contribution in [2.45, 2.75) is 46.6 Å². The van der Waals surface area contributed by atoms with Crippen molar-refractivity contribution in [3.05, 3.63) is 63.4 Å². The average Bonchev–Trinajstić information content (AvgIpc) is 3.19. The van der Waals surface area contributed by atoms with Crippen molar-refractivity contribution >= 4 is 17.2 Å². The minimum absolute atomic E-state index is 0.0775. The fourth-order valence-corrected chi connectivity index (χ4v) is 3.86. The smallest absolute Gasteiger partial charge is 0.263 e. The number of benzene rings is 1. The third-order valence-corrected chi connectivity index (χ3v) is 5.83. The maximum atomic E-state index is 12.7. The molecule has 0 bridgehead atoms. The summed E-state index contributed by atoms with van der Waals surface area (Å²) in [6.45, 7) is 10.1. The lowest BCUT2D eigenvalue weighted by Gasteiger charge is -2.14. The van der Waals surface area contributed by atoms with Crippen molar-refractivity contribution in [3.8, 4) is 5.69 Å². The van der Waals surface area contributed by atoms with E-state index in [0.717, 1.165) is 27.6 Å². The van der Waals surface area contributed by atoms with Crippen molar-refractivity contribution < 1.29 is 4.79 Å². The first-order valence-electron chi connectivity index (χ1n) is 8.76. The van der Waals surface area contributed by atoms with E-state index in [4.69, 9.17) is 0 Å². The van der Waals surface area contributed by atoms with E-state index in [2.05, 4.69) is 29.2 Å². The van der Waals surface area contributed by atoms with E-state index in [1.54, 1.807) is 0 Å². The van der Waals surface area contributed by atoms with Crippen LogP contribution in [0.3, 0.4) is 0 Å². The molecular formula is C20H24N4OS. The molecule has 3 aromatic rings. The second-order valence-corrected chi connectivity index (χ2v) is 7.78.